The summed E-state index contributed by atoms with van der Waals surface area (Å²) in [5, 5.41) is 2.34. The fourth-order valence-corrected chi connectivity index (χ4v) is 0.987. The standard InChI is InChI=1S/C10H14N2O3/c1-4-10(6-5-7-11,9(14)15-3)12-8(2)13/h1,5-6H,7,11H2,2-3H3,(H,12,13)/b6-5+. The van der Waals surface area contributed by atoms with Crippen LogP contribution >= 0.6 is 0 Å². The Balaban J connectivity index is 5.12. The molecular weight excluding hydrogens is 196 g/mol. The third-order valence-corrected chi connectivity index (χ3v) is 1.61. The Morgan fingerprint density at radius 3 is 2.60 bits per heavy atom. The van der Waals surface area contributed by atoms with Gasteiger partial charge in [-0.3, -0.25) is 4.79 Å². The maximum Gasteiger partial charge on any atom is 0.348 e. The Hall–Kier alpha value is -1.80. The lowest BCUT2D eigenvalue weighted by Gasteiger charge is -2.22. The van der Waals surface area contributed by atoms with E-state index in [1.807, 2.05) is 0 Å². The van der Waals surface area contributed by atoms with Crippen molar-refractivity contribution in [3.63, 3.8) is 0 Å². The predicted molar refractivity (Wildman–Crippen MR) is 55.6 cm³/mol. The second kappa shape index (κ2) is 5.83. The van der Waals surface area contributed by atoms with E-state index in [0.29, 0.717) is 0 Å². The number of methoxy groups -OCH3 is 1. The summed E-state index contributed by atoms with van der Waals surface area (Å²) in [6.45, 7) is 1.46. The molecule has 0 saturated carbocycles. The highest BCUT2D eigenvalue weighted by Gasteiger charge is 2.35. The van der Waals surface area contributed by atoms with Crippen LogP contribution in [0.15, 0.2) is 12.2 Å². The lowest BCUT2D eigenvalue weighted by molar-refractivity contribution is -0.146. The van der Waals surface area contributed by atoms with Crippen molar-refractivity contribution >= 4 is 11.9 Å². The first-order chi connectivity index (χ1) is 7.02. The first-order valence-corrected chi connectivity index (χ1v) is 4.25. The van der Waals surface area contributed by atoms with E-state index in [9.17, 15) is 9.59 Å². The topological polar surface area (TPSA) is 81.4 Å². The summed E-state index contributed by atoms with van der Waals surface area (Å²) in [4.78, 5) is 22.4. The molecule has 0 aliphatic heterocycles. The molecule has 1 unspecified atom stereocenters. The molecule has 0 aromatic carbocycles. The number of terminal acetylenes is 1. The second-order valence-electron chi connectivity index (χ2n) is 2.76. The first-order valence-electron chi connectivity index (χ1n) is 4.25. The molecule has 0 fully saturated rings. The number of ether oxygens (including phenoxy) is 1. The Morgan fingerprint density at radius 2 is 2.27 bits per heavy atom. The van der Waals surface area contributed by atoms with Gasteiger partial charge in [0, 0.05) is 13.5 Å². The zero-order valence-electron chi connectivity index (χ0n) is 8.74. The number of rotatable bonds is 4. The minimum absolute atomic E-state index is 0.208. The van der Waals surface area contributed by atoms with E-state index in [-0.39, 0.29) is 6.54 Å². The lowest BCUT2D eigenvalue weighted by Crippen LogP contribution is -2.52. The van der Waals surface area contributed by atoms with E-state index in [1.54, 1.807) is 0 Å². The summed E-state index contributed by atoms with van der Waals surface area (Å²) in [6.07, 6.45) is 8.03. The van der Waals surface area contributed by atoms with E-state index >= 15 is 0 Å². The number of esters is 1. The highest BCUT2D eigenvalue weighted by molar-refractivity contribution is 5.92. The van der Waals surface area contributed by atoms with Crippen LogP contribution in [0.3, 0.4) is 0 Å². The van der Waals surface area contributed by atoms with Crippen LogP contribution in [-0.4, -0.2) is 31.1 Å². The lowest BCUT2D eigenvalue weighted by atomic mass is 10.00. The van der Waals surface area contributed by atoms with Crippen LogP contribution in [0.25, 0.3) is 0 Å². The molecule has 0 aromatic rings. The van der Waals surface area contributed by atoms with E-state index in [0.717, 1.165) is 0 Å². The Morgan fingerprint density at radius 1 is 1.67 bits per heavy atom. The van der Waals surface area contributed by atoms with Crippen LogP contribution in [0.5, 0.6) is 0 Å². The van der Waals surface area contributed by atoms with Gasteiger partial charge in [-0.2, -0.15) is 0 Å². The van der Waals surface area contributed by atoms with Crippen molar-refractivity contribution in [1.29, 1.82) is 0 Å². The van der Waals surface area contributed by atoms with Crippen molar-refractivity contribution in [2.45, 2.75) is 12.5 Å². The number of carbonyl (C=O) groups excluding carboxylic acids is 2. The van der Waals surface area contributed by atoms with Crippen LogP contribution in [0.2, 0.25) is 0 Å². The smallest absolute Gasteiger partial charge is 0.348 e. The van der Waals surface area contributed by atoms with Gasteiger partial charge in [0.15, 0.2) is 0 Å². The average molecular weight is 210 g/mol. The van der Waals surface area contributed by atoms with Gasteiger partial charge in [-0.1, -0.05) is 12.0 Å². The number of hydrogen-bond donors (Lipinski definition) is 2. The molecule has 1 amide bonds. The molecule has 0 aliphatic carbocycles. The predicted octanol–water partition coefficient (Wildman–Crippen LogP) is -0.818. The molecule has 15 heavy (non-hydrogen) atoms. The van der Waals surface area contributed by atoms with Crippen molar-refractivity contribution in [2.24, 2.45) is 5.73 Å². The van der Waals surface area contributed by atoms with E-state index in [4.69, 9.17) is 12.2 Å². The van der Waals surface area contributed by atoms with Crippen LogP contribution in [-0.2, 0) is 14.3 Å². The minimum atomic E-state index is -1.57. The summed E-state index contributed by atoms with van der Waals surface area (Å²) in [6, 6.07) is 0. The third kappa shape index (κ3) is 3.44. The zero-order valence-corrected chi connectivity index (χ0v) is 8.74. The van der Waals surface area contributed by atoms with Crippen molar-refractivity contribution in [3.8, 4) is 12.3 Å². The van der Waals surface area contributed by atoms with Gasteiger partial charge in [-0.15, -0.1) is 6.42 Å². The molecule has 0 heterocycles. The summed E-state index contributed by atoms with van der Waals surface area (Å²) >= 11 is 0. The van der Waals surface area contributed by atoms with Gasteiger partial charge in [0.2, 0.25) is 11.4 Å². The van der Waals surface area contributed by atoms with Gasteiger partial charge in [0.05, 0.1) is 7.11 Å². The molecule has 0 bridgehead atoms. The zero-order chi connectivity index (χ0) is 11.9. The number of nitrogens with one attached hydrogen (secondary N) is 1. The van der Waals surface area contributed by atoms with Crippen molar-refractivity contribution in [1.82, 2.24) is 5.32 Å². The summed E-state index contributed by atoms with van der Waals surface area (Å²) in [5.74, 6) is 1.02. The summed E-state index contributed by atoms with van der Waals surface area (Å²) in [7, 11) is 1.19. The SMILES string of the molecule is C#CC(/C=C/CN)(NC(C)=O)C(=O)OC. The monoisotopic (exact) mass is 210 g/mol. The van der Waals surface area contributed by atoms with E-state index < -0.39 is 17.4 Å². The van der Waals surface area contributed by atoms with Gasteiger partial charge in [-0.25, -0.2) is 4.79 Å². The molecule has 0 rings (SSSR count). The maximum absolute atomic E-state index is 11.4. The molecule has 0 aromatic heterocycles. The third-order valence-electron chi connectivity index (χ3n) is 1.61. The van der Waals surface area contributed by atoms with Crippen molar-refractivity contribution in [3.05, 3.63) is 12.2 Å². The number of carbonyl (C=O) groups is 2. The van der Waals surface area contributed by atoms with Crippen molar-refractivity contribution < 1.29 is 14.3 Å². The Labute approximate surface area is 88.7 Å². The van der Waals surface area contributed by atoms with Crippen LogP contribution in [0, 0.1) is 12.3 Å². The maximum atomic E-state index is 11.4. The fraction of sp³-hybridized carbons (Fsp3) is 0.400. The molecule has 1 atom stereocenters. The van der Waals surface area contributed by atoms with Gasteiger partial charge in [0.25, 0.3) is 0 Å². The second-order valence-corrected chi connectivity index (χ2v) is 2.76. The highest BCUT2D eigenvalue weighted by atomic mass is 16.5. The largest absolute Gasteiger partial charge is 0.466 e. The molecule has 0 aliphatic rings. The Kier molecular flexibility index (Phi) is 5.13. The minimum Gasteiger partial charge on any atom is -0.466 e. The van der Waals surface area contributed by atoms with E-state index in [1.165, 1.54) is 26.2 Å². The summed E-state index contributed by atoms with van der Waals surface area (Å²) < 4.78 is 4.52. The summed E-state index contributed by atoms with van der Waals surface area (Å²) in [5.41, 5.74) is 3.67. The molecule has 82 valence electrons. The molecule has 3 N–H and O–H groups in total. The average Bonchev–Trinajstić information content (AvgIpc) is 2.22. The van der Waals surface area contributed by atoms with Crippen LogP contribution in [0.1, 0.15) is 6.92 Å². The molecule has 5 heteroatoms. The molecular formula is C10H14N2O3. The number of nitrogens with two attached hydrogens (primary N) is 1. The Bertz CT molecular complexity index is 317. The van der Waals surface area contributed by atoms with Gasteiger partial charge >= 0.3 is 5.97 Å². The molecule has 0 saturated heterocycles. The first kappa shape index (κ1) is 13.2. The molecule has 0 spiro atoms. The van der Waals surface area contributed by atoms with Gasteiger partial charge < -0.3 is 15.8 Å². The van der Waals surface area contributed by atoms with Crippen LogP contribution < -0.4 is 11.1 Å². The van der Waals surface area contributed by atoms with E-state index in [2.05, 4.69) is 16.0 Å². The number of amides is 1. The highest BCUT2D eigenvalue weighted by Crippen LogP contribution is 2.08. The normalized spacial score (nSPS) is 14.0. The van der Waals surface area contributed by atoms with Crippen molar-refractivity contribution in [2.75, 3.05) is 13.7 Å². The fourth-order valence-electron chi connectivity index (χ4n) is 0.987. The van der Waals surface area contributed by atoms with Crippen LogP contribution in [0.4, 0.5) is 0 Å². The quantitative estimate of drug-likeness (QED) is 0.361. The number of hydrogen-bond acceptors (Lipinski definition) is 4. The molecule has 5 nitrogen and oxygen atoms in total. The van der Waals surface area contributed by atoms with Gasteiger partial charge in [-0.05, 0) is 6.08 Å². The van der Waals surface area contributed by atoms with Gasteiger partial charge in [0.1, 0.15) is 0 Å². The molecule has 0 radical (unpaired) electrons.